The van der Waals surface area contributed by atoms with Crippen LogP contribution in [-0.4, -0.2) is 44.7 Å². The first-order valence-electron chi connectivity index (χ1n) is 9.00. The first-order chi connectivity index (χ1) is 13.3. The smallest absolute Gasteiger partial charge is 0.254 e. The standard InChI is InChI=1S/C19H23N3O4S2/c1-13-3-5-15(6-4-13)28(25,26)22-10-7-14(8-11-22)17(23)21-19-16(9-12-27-19)18(24)20-2/h3-6,9,12,14H,7-8,10-11H2,1-2H3,(H,20,24)(H,21,23). The fourth-order valence-electron chi connectivity index (χ4n) is 3.15. The van der Waals surface area contributed by atoms with E-state index in [0.717, 1.165) is 5.56 Å². The van der Waals surface area contributed by atoms with Gasteiger partial charge in [0.05, 0.1) is 10.5 Å². The molecule has 150 valence electrons. The molecule has 1 aliphatic heterocycles. The minimum atomic E-state index is -3.55. The number of rotatable bonds is 5. The van der Waals surface area contributed by atoms with Crippen molar-refractivity contribution in [2.24, 2.45) is 5.92 Å². The highest BCUT2D eigenvalue weighted by Crippen LogP contribution is 2.28. The van der Waals surface area contributed by atoms with E-state index in [1.165, 1.54) is 22.7 Å². The first-order valence-corrected chi connectivity index (χ1v) is 11.3. The number of benzene rings is 1. The molecule has 2 amide bonds. The van der Waals surface area contributed by atoms with E-state index in [1.807, 2.05) is 6.92 Å². The zero-order chi connectivity index (χ0) is 20.3. The van der Waals surface area contributed by atoms with Gasteiger partial charge in [-0.3, -0.25) is 9.59 Å². The number of anilines is 1. The monoisotopic (exact) mass is 421 g/mol. The fraction of sp³-hybridized carbons (Fsp3) is 0.368. The lowest BCUT2D eigenvalue weighted by molar-refractivity contribution is -0.120. The van der Waals surface area contributed by atoms with Crippen LogP contribution >= 0.6 is 11.3 Å². The van der Waals surface area contributed by atoms with Crippen molar-refractivity contribution < 1.29 is 18.0 Å². The molecule has 0 radical (unpaired) electrons. The van der Waals surface area contributed by atoms with Crippen LogP contribution in [0.5, 0.6) is 0 Å². The Bertz CT molecular complexity index is 959. The van der Waals surface area contributed by atoms with Crippen LogP contribution < -0.4 is 10.6 Å². The summed E-state index contributed by atoms with van der Waals surface area (Å²) in [4.78, 5) is 24.7. The molecule has 1 fully saturated rings. The molecule has 0 unspecified atom stereocenters. The van der Waals surface area contributed by atoms with Crippen molar-refractivity contribution in [2.75, 3.05) is 25.5 Å². The average Bonchev–Trinajstić information content (AvgIpc) is 3.16. The molecule has 28 heavy (non-hydrogen) atoms. The number of carbonyl (C=O) groups is 2. The van der Waals surface area contributed by atoms with Crippen molar-refractivity contribution in [2.45, 2.75) is 24.7 Å². The van der Waals surface area contributed by atoms with Gasteiger partial charge in [0.25, 0.3) is 5.91 Å². The van der Waals surface area contributed by atoms with E-state index in [0.29, 0.717) is 36.5 Å². The highest BCUT2D eigenvalue weighted by Gasteiger charge is 2.32. The molecule has 2 aromatic rings. The maximum absolute atomic E-state index is 12.8. The lowest BCUT2D eigenvalue weighted by Crippen LogP contribution is -2.41. The second-order valence-corrected chi connectivity index (χ2v) is 9.58. The molecular formula is C19H23N3O4S2. The summed E-state index contributed by atoms with van der Waals surface area (Å²) >= 11 is 1.29. The van der Waals surface area contributed by atoms with Crippen LogP contribution in [0.15, 0.2) is 40.6 Å². The summed E-state index contributed by atoms with van der Waals surface area (Å²) in [5.74, 6) is -0.723. The second kappa shape index (κ2) is 8.42. The maximum Gasteiger partial charge on any atom is 0.254 e. The number of hydrogen-bond acceptors (Lipinski definition) is 5. The second-order valence-electron chi connectivity index (χ2n) is 6.72. The molecule has 7 nitrogen and oxygen atoms in total. The molecule has 0 atom stereocenters. The van der Waals surface area contributed by atoms with Crippen LogP contribution in [0.1, 0.15) is 28.8 Å². The van der Waals surface area contributed by atoms with E-state index in [2.05, 4.69) is 10.6 Å². The summed E-state index contributed by atoms with van der Waals surface area (Å²) in [6, 6.07) is 8.44. The molecule has 2 heterocycles. The zero-order valence-corrected chi connectivity index (χ0v) is 17.4. The highest BCUT2D eigenvalue weighted by molar-refractivity contribution is 7.89. The van der Waals surface area contributed by atoms with Crippen molar-refractivity contribution >= 4 is 38.2 Å². The van der Waals surface area contributed by atoms with Gasteiger partial charge < -0.3 is 10.6 Å². The van der Waals surface area contributed by atoms with Gasteiger partial charge in [-0.2, -0.15) is 4.31 Å². The van der Waals surface area contributed by atoms with Gasteiger partial charge in [0.2, 0.25) is 15.9 Å². The number of nitrogens with one attached hydrogen (secondary N) is 2. The first kappa shape index (κ1) is 20.5. The van der Waals surface area contributed by atoms with Crippen LogP contribution in [-0.2, 0) is 14.8 Å². The summed E-state index contributed by atoms with van der Waals surface area (Å²) in [5, 5.41) is 7.62. The van der Waals surface area contributed by atoms with Gasteiger partial charge >= 0.3 is 0 Å². The van der Waals surface area contributed by atoms with E-state index in [9.17, 15) is 18.0 Å². The minimum Gasteiger partial charge on any atom is -0.355 e. The minimum absolute atomic E-state index is 0.181. The molecule has 9 heteroatoms. The maximum atomic E-state index is 12.8. The van der Waals surface area contributed by atoms with Crippen molar-refractivity contribution in [3.63, 3.8) is 0 Å². The Morgan fingerprint density at radius 1 is 1.11 bits per heavy atom. The molecule has 3 rings (SSSR count). The molecule has 0 bridgehead atoms. The van der Waals surface area contributed by atoms with Gasteiger partial charge in [-0.1, -0.05) is 17.7 Å². The van der Waals surface area contributed by atoms with E-state index in [4.69, 9.17) is 0 Å². The Morgan fingerprint density at radius 2 is 1.75 bits per heavy atom. The lowest BCUT2D eigenvalue weighted by atomic mass is 9.97. The Balaban J connectivity index is 1.62. The topological polar surface area (TPSA) is 95.6 Å². The van der Waals surface area contributed by atoms with Crippen molar-refractivity contribution in [3.8, 4) is 0 Å². The van der Waals surface area contributed by atoms with E-state index < -0.39 is 10.0 Å². The normalized spacial score (nSPS) is 15.9. The lowest BCUT2D eigenvalue weighted by Gasteiger charge is -2.30. The summed E-state index contributed by atoms with van der Waals surface area (Å²) in [6.07, 6.45) is 0.884. The molecule has 2 N–H and O–H groups in total. The van der Waals surface area contributed by atoms with Crippen LogP contribution in [0.2, 0.25) is 0 Å². The van der Waals surface area contributed by atoms with Gasteiger partial charge in [-0.25, -0.2) is 8.42 Å². The van der Waals surface area contributed by atoms with Gasteiger partial charge in [0.1, 0.15) is 5.00 Å². The molecule has 1 aromatic carbocycles. The highest BCUT2D eigenvalue weighted by atomic mass is 32.2. The van der Waals surface area contributed by atoms with Crippen LogP contribution in [0.4, 0.5) is 5.00 Å². The van der Waals surface area contributed by atoms with Crippen LogP contribution in [0, 0.1) is 12.8 Å². The Kier molecular flexibility index (Phi) is 6.17. The SMILES string of the molecule is CNC(=O)c1ccsc1NC(=O)C1CCN(S(=O)(=O)c2ccc(C)cc2)CC1. The largest absolute Gasteiger partial charge is 0.355 e. The molecule has 0 spiro atoms. The van der Waals surface area contributed by atoms with E-state index >= 15 is 0 Å². The Labute approximate surface area is 168 Å². The van der Waals surface area contributed by atoms with Gasteiger partial charge in [0.15, 0.2) is 0 Å². The number of nitrogens with zero attached hydrogens (tertiary/aromatic N) is 1. The molecule has 1 saturated heterocycles. The molecular weight excluding hydrogens is 398 g/mol. The molecule has 0 saturated carbocycles. The van der Waals surface area contributed by atoms with Crippen LogP contribution in [0.25, 0.3) is 0 Å². The third kappa shape index (κ3) is 4.26. The molecule has 1 aromatic heterocycles. The number of sulfonamides is 1. The quantitative estimate of drug-likeness (QED) is 0.775. The summed E-state index contributed by atoms with van der Waals surface area (Å²) < 4.78 is 27.0. The van der Waals surface area contributed by atoms with Crippen molar-refractivity contribution in [1.29, 1.82) is 0 Å². The summed E-state index contributed by atoms with van der Waals surface area (Å²) in [5.41, 5.74) is 1.43. The summed E-state index contributed by atoms with van der Waals surface area (Å²) in [6.45, 7) is 2.49. The van der Waals surface area contributed by atoms with Crippen molar-refractivity contribution in [1.82, 2.24) is 9.62 Å². The number of piperidine rings is 1. The van der Waals surface area contributed by atoms with Gasteiger partial charge in [0, 0.05) is 26.1 Å². The number of hydrogen-bond donors (Lipinski definition) is 2. The summed E-state index contributed by atoms with van der Waals surface area (Å²) in [7, 11) is -2.01. The number of carbonyl (C=O) groups excluding carboxylic acids is 2. The number of amides is 2. The van der Waals surface area contributed by atoms with Crippen LogP contribution in [0.3, 0.4) is 0 Å². The molecule has 1 aliphatic rings. The number of aryl methyl sites for hydroxylation is 1. The predicted molar refractivity (Wildman–Crippen MR) is 109 cm³/mol. The number of thiophene rings is 1. The van der Waals surface area contributed by atoms with Gasteiger partial charge in [-0.05, 0) is 43.3 Å². The fourth-order valence-corrected chi connectivity index (χ4v) is 5.41. The van der Waals surface area contributed by atoms with Crippen molar-refractivity contribution in [3.05, 3.63) is 46.8 Å². The predicted octanol–water partition coefficient (Wildman–Crippen LogP) is 2.46. The third-order valence-electron chi connectivity index (χ3n) is 4.86. The van der Waals surface area contributed by atoms with E-state index in [-0.39, 0.29) is 22.6 Å². The third-order valence-corrected chi connectivity index (χ3v) is 7.60. The average molecular weight is 422 g/mol. The van der Waals surface area contributed by atoms with E-state index in [1.54, 1.807) is 35.7 Å². The Hall–Kier alpha value is -2.23. The molecule has 0 aliphatic carbocycles. The Morgan fingerprint density at radius 3 is 2.36 bits per heavy atom. The zero-order valence-electron chi connectivity index (χ0n) is 15.8. The van der Waals surface area contributed by atoms with Gasteiger partial charge in [-0.15, -0.1) is 11.3 Å².